The van der Waals surface area contributed by atoms with Crippen LogP contribution in [0.2, 0.25) is 0 Å². The van der Waals surface area contributed by atoms with E-state index < -0.39 is 0 Å². The predicted octanol–water partition coefficient (Wildman–Crippen LogP) is 3.19. The molecule has 1 saturated heterocycles. The quantitative estimate of drug-likeness (QED) is 0.832. The number of aromatic nitrogens is 2. The van der Waals surface area contributed by atoms with Crippen molar-refractivity contribution in [2.75, 3.05) is 25.2 Å². The van der Waals surface area contributed by atoms with Crippen molar-refractivity contribution in [3.05, 3.63) is 11.9 Å². The number of hydrogen-bond acceptors (Lipinski definition) is 5. The van der Waals surface area contributed by atoms with Crippen LogP contribution in [0.1, 0.15) is 38.9 Å². The molecule has 6 heteroatoms. The first kappa shape index (κ1) is 17.0. The van der Waals surface area contributed by atoms with Gasteiger partial charge in [0.25, 0.3) is 0 Å². The predicted molar refractivity (Wildman–Crippen MR) is 93.7 cm³/mol. The van der Waals surface area contributed by atoms with Crippen molar-refractivity contribution in [3.8, 4) is 5.75 Å². The fraction of sp³-hybridized carbons (Fsp3) is 0.800. The minimum atomic E-state index is 0.301. The Morgan fingerprint density at radius 3 is 2.81 bits per heavy atom. The molecule has 3 atom stereocenters. The van der Waals surface area contributed by atoms with Gasteiger partial charge in [-0.1, -0.05) is 13.8 Å². The maximum atomic E-state index is 5.58. The summed E-state index contributed by atoms with van der Waals surface area (Å²) in [6.45, 7) is 8.60. The Bertz CT molecular complexity index is 417. The second kappa shape index (κ2) is 8.34. The maximum Gasteiger partial charge on any atom is 0.161 e. The van der Waals surface area contributed by atoms with Crippen molar-refractivity contribution in [1.82, 2.24) is 15.1 Å². The molecule has 1 aliphatic heterocycles. The van der Waals surface area contributed by atoms with Gasteiger partial charge < -0.3 is 10.1 Å². The Kier molecular flexibility index (Phi) is 6.76. The van der Waals surface area contributed by atoms with Gasteiger partial charge in [-0.25, -0.2) is 0 Å². The monoisotopic (exact) mass is 329 g/mol. The molecule has 1 N–H and O–H groups in total. The normalized spacial score (nSPS) is 24.0. The standard InChI is InChI=1S/C15H27N3OS2/c1-5-7-16-13(15-11(3)20-8-9-21-15)14-12(19-4)10-17-18(14)6-2/h10-11,13,15-16H,5-9H2,1-4H3. The van der Waals surface area contributed by atoms with E-state index in [-0.39, 0.29) is 0 Å². The van der Waals surface area contributed by atoms with Crippen molar-refractivity contribution in [1.29, 1.82) is 0 Å². The summed E-state index contributed by atoms with van der Waals surface area (Å²) in [7, 11) is 1.74. The Hall–Kier alpha value is -0.330. The number of nitrogens with one attached hydrogen (secondary N) is 1. The Labute approximate surface area is 136 Å². The molecule has 0 aliphatic carbocycles. The molecule has 1 aliphatic rings. The lowest BCUT2D eigenvalue weighted by Crippen LogP contribution is -2.39. The van der Waals surface area contributed by atoms with Crippen LogP contribution in [0.25, 0.3) is 0 Å². The van der Waals surface area contributed by atoms with E-state index in [4.69, 9.17) is 4.74 Å². The number of hydrogen-bond donors (Lipinski definition) is 1. The van der Waals surface area contributed by atoms with Gasteiger partial charge >= 0.3 is 0 Å². The highest BCUT2D eigenvalue weighted by Gasteiger charge is 2.34. The van der Waals surface area contributed by atoms with Gasteiger partial charge in [-0.15, -0.1) is 0 Å². The van der Waals surface area contributed by atoms with E-state index in [0.29, 0.717) is 16.5 Å². The van der Waals surface area contributed by atoms with E-state index >= 15 is 0 Å². The zero-order valence-corrected chi connectivity index (χ0v) is 15.1. The van der Waals surface area contributed by atoms with Crippen LogP contribution in [0.4, 0.5) is 0 Å². The molecule has 0 saturated carbocycles. The third kappa shape index (κ3) is 3.90. The van der Waals surface area contributed by atoms with E-state index in [1.165, 1.54) is 17.2 Å². The van der Waals surface area contributed by atoms with Crippen LogP contribution in [0, 0.1) is 0 Å². The van der Waals surface area contributed by atoms with Gasteiger partial charge in [0.2, 0.25) is 0 Å². The van der Waals surface area contributed by atoms with Crippen molar-refractivity contribution in [2.24, 2.45) is 0 Å². The highest BCUT2D eigenvalue weighted by Crippen LogP contribution is 2.41. The summed E-state index contributed by atoms with van der Waals surface area (Å²) in [6, 6.07) is 0.301. The first-order valence-electron chi connectivity index (χ1n) is 7.79. The van der Waals surface area contributed by atoms with Crippen LogP contribution < -0.4 is 10.1 Å². The molecule has 0 radical (unpaired) electrons. The average Bonchev–Trinajstić information content (AvgIpc) is 2.92. The fourth-order valence-electron chi connectivity index (χ4n) is 2.78. The van der Waals surface area contributed by atoms with Gasteiger partial charge in [-0.05, 0) is 19.9 Å². The molecule has 2 heterocycles. The zero-order valence-electron chi connectivity index (χ0n) is 13.5. The van der Waals surface area contributed by atoms with Crippen LogP contribution >= 0.6 is 23.5 Å². The molecule has 1 fully saturated rings. The van der Waals surface area contributed by atoms with Gasteiger partial charge in [0.05, 0.1) is 25.0 Å². The molecule has 0 aromatic carbocycles. The third-order valence-corrected chi connectivity index (χ3v) is 7.03. The molecule has 3 unspecified atom stereocenters. The average molecular weight is 330 g/mol. The van der Waals surface area contributed by atoms with Gasteiger partial charge in [0, 0.05) is 28.6 Å². The molecule has 1 aromatic rings. The highest BCUT2D eigenvalue weighted by atomic mass is 32.2. The van der Waals surface area contributed by atoms with Crippen molar-refractivity contribution < 1.29 is 4.74 Å². The molecule has 0 bridgehead atoms. The summed E-state index contributed by atoms with van der Waals surface area (Å²) in [4.78, 5) is 0. The van der Waals surface area contributed by atoms with Crippen molar-refractivity contribution in [2.45, 2.75) is 50.3 Å². The van der Waals surface area contributed by atoms with Gasteiger partial charge in [-0.3, -0.25) is 4.68 Å². The number of aryl methyl sites for hydroxylation is 1. The van der Waals surface area contributed by atoms with Crippen LogP contribution in [0.5, 0.6) is 5.75 Å². The summed E-state index contributed by atoms with van der Waals surface area (Å²) in [5, 5.41) is 9.44. The van der Waals surface area contributed by atoms with Gasteiger partial charge in [0.15, 0.2) is 5.75 Å². The lowest BCUT2D eigenvalue weighted by molar-refractivity contribution is 0.387. The lowest BCUT2D eigenvalue weighted by Gasteiger charge is -2.35. The largest absolute Gasteiger partial charge is 0.493 e. The Morgan fingerprint density at radius 1 is 1.43 bits per heavy atom. The zero-order chi connectivity index (χ0) is 15.2. The summed E-state index contributed by atoms with van der Waals surface area (Å²) >= 11 is 4.17. The molecule has 21 heavy (non-hydrogen) atoms. The van der Waals surface area contributed by atoms with Gasteiger partial charge in [-0.2, -0.15) is 28.6 Å². The molecule has 0 spiro atoms. The van der Waals surface area contributed by atoms with Crippen molar-refractivity contribution >= 4 is 23.5 Å². The second-order valence-corrected chi connectivity index (χ2v) is 8.03. The first-order valence-corrected chi connectivity index (χ1v) is 9.88. The Balaban J connectivity index is 2.32. The Morgan fingerprint density at radius 2 is 2.19 bits per heavy atom. The minimum Gasteiger partial charge on any atom is -0.493 e. The molecule has 1 aromatic heterocycles. The smallest absolute Gasteiger partial charge is 0.161 e. The highest BCUT2D eigenvalue weighted by molar-refractivity contribution is 8.07. The summed E-state index contributed by atoms with van der Waals surface area (Å²) in [5.74, 6) is 3.40. The number of methoxy groups -OCH3 is 1. The molecule has 2 rings (SSSR count). The molecule has 4 nitrogen and oxygen atoms in total. The number of thioether (sulfide) groups is 2. The van der Waals surface area contributed by atoms with E-state index in [9.17, 15) is 0 Å². The van der Waals surface area contributed by atoms with E-state index in [2.05, 4.69) is 59.4 Å². The summed E-state index contributed by atoms with van der Waals surface area (Å²) in [6.07, 6.45) is 2.99. The van der Waals surface area contributed by atoms with Crippen molar-refractivity contribution in [3.63, 3.8) is 0 Å². The van der Waals surface area contributed by atoms with Crippen LogP contribution in [-0.4, -0.2) is 45.4 Å². The number of rotatable bonds is 7. The molecular weight excluding hydrogens is 302 g/mol. The second-order valence-electron chi connectivity index (χ2n) is 5.26. The number of nitrogens with zero attached hydrogens (tertiary/aromatic N) is 2. The fourth-order valence-corrected chi connectivity index (χ4v) is 5.71. The molecular formula is C15H27N3OS2. The summed E-state index contributed by atoms with van der Waals surface area (Å²) in [5.41, 5.74) is 1.21. The van der Waals surface area contributed by atoms with Gasteiger partial charge in [0.1, 0.15) is 0 Å². The minimum absolute atomic E-state index is 0.301. The van der Waals surface area contributed by atoms with E-state index in [1.54, 1.807) is 7.11 Å². The first-order chi connectivity index (χ1) is 10.2. The number of ether oxygens (including phenoxy) is 1. The maximum absolute atomic E-state index is 5.58. The third-order valence-electron chi connectivity index (χ3n) is 3.84. The van der Waals surface area contributed by atoms with Crippen LogP contribution in [0.15, 0.2) is 6.20 Å². The van der Waals surface area contributed by atoms with E-state index in [1.807, 2.05) is 6.20 Å². The summed E-state index contributed by atoms with van der Waals surface area (Å²) < 4.78 is 7.66. The topological polar surface area (TPSA) is 39.1 Å². The van der Waals surface area contributed by atoms with Crippen LogP contribution in [-0.2, 0) is 6.54 Å². The molecule has 0 amide bonds. The van der Waals surface area contributed by atoms with E-state index in [0.717, 1.165) is 25.3 Å². The SMILES string of the molecule is CCCNC(c1c(OC)cnn1CC)C1SCCSC1C. The lowest BCUT2D eigenvalue weighted by atomic mass is 10.1. The van der Waals surface area contributed by atoms with Crippen LogP contribution in [0.3, 0.4) is 0 Å². The molecule has 120 valence electrons.